The first-order chi connectivity index (χ1) is 13.1. The Balaban J connectivity index is 1.65. The van der Waals surface area contributed by atoms with Gasteiger partial charge in [0.2, 0.25) is 0 Å². The number of hydrogen-bond acceptors (Lipinski definition) is 6. The van der Waals surface area contributed by atoms with Gasteiger partial charge in [0, 0.05) is 15.8 Å². The molecule has 0 aliphatic heterocycles. The largest absolute Gasteiger partial charge is 0.497 e. The number of aryl methyl sites for hydroxylation is 3. The van der Waals surface area contributed by atoms with Crippen molar-refractivity contribution in [3.8, 4) is 5.75 Å². The number of rotatable bonds is 5. The third-order valence-corrected chi connectivity index (χ3v) is 7.20. The Hall–Kier alpha value is -1.92. The van der Waals surface area contributed by atoms with Crippen LogP contribution in [0.15, 0.2) is 29.3 Å². The molecule has 6 heteroatoms. The number of fused-ring (bicyclic) bond motifs is 3. The van der Waals surface area contributed by atoms with Crippen LogP contribution in [0.4, 0.5) is 0 Å². The first kappa shape index (κ1) is 18.4. The number of methoxy groups -OCH3 is 1. The summed E-state index contributed by atoms with van der Waals surface area (Å²) in [5.74, 6) is 1.63. The van der Waals surface area contributed by atoms with Gasteiger partial charge in [-0.15, -0.1) is 11.3 Å². The second kappa shape index (κ2) is 7.60. The highest BCUT2D eigenvalue weighted by Crippen LogP contribution is 2.40. The van der Waals surface area contributed by atoms with Crippen molar-refractivity contribution in [3.63, 3.8) is 0 Å². The van der Waals surface area contributed by atoms with Crippen LogP contribution in [0.25, 0.3) is 10.2 Å². The Kier molecular flexibility index (Phi) is 5.19. The highest BCUT2D eigenvalue weighted by atomic mass is 32.2. The molecule has 0 amide bonds. The number of carbonyl (C=O) groups excluding carboxylic acids is 1. The van der Waals surface area contributed by atoms with Crippen LogP contribution in [0.5, 0.6) is 5.75 Å². The summed E-state index contributed by atoms with van der Waals surface area (Å²) in [7, 11) is 1.62. The number of hydrogen-bond donors (Lipinski definition) is 0. The van der Waals surface area contributed by atoms with E-state index < -0.39 is 0 Å². The maximum Gasteiger partial charge on any atom is 0.175 e. The molecule has 0 saturated carbocycles. The molecule has 4 nitrogen and oxygen atoms in total. The third kappa shape index (κ3) is 3.60. The molecule has 140 valence electrons. The Morgan fingerprint density at radius 3 is 2.67 bits per heavy atom. The lowest BCUT2D eigenvalue weighted by Crippen LogP contribution is -2.14. The lowest BCUT2D eigenvalue weighted by atomic mass is 9.97. The molecule has 2 aromatic heterocycles. The van der Waals surface area contributed by atoms with Crippen LogP contribution in [-0.4, -0.2) is 28.1 Å². The minimum atomic E-state index is -0.213. The average molecular weight is 399 g/mol. The lowest BCUT2D eigenvalue weighted by Gasteiger charge is -2.14. The van der Waals surface area contributed by atoms with Gasteiger partial charge < -0.3 is 4.74 Å². The van der Waals surface area contributed by atoms with E-state index in [1.54, 1.807) is 30.2 Å². The number of Topliss-reactive ketones (excluding diaryl/α,β-unsaturated/α-hetero) is 1. The monoisotopic (exact) mass is 398 g/mol. The third-order valence-electron chi connectivity index (χ3n) is 4.93. The number of ketones is 1. The summed E-state index contributed by atoms with van der Waals surface area (Å²) in [6.07, 6.45) is 4.70. The topological polar surface area (TPSA) is 52.1 Å². The number of thiophene rings is 1. The molecule has 4 rings (SSSR count). The number of thioether (sulfide) groups is 1. The molecule has 0 saturated heterocycles. The Morgan fingerprint density at radius 1 is 1.19 bits per heavy atom. The van der Waals surface area contributed by atoms with Crippen molar-refractivity contribution in [2.75, 3.05) is 7.11 Å². The van der Waals surface area contributed by atoms with Gasteiger partial charge in [0.05, 0.1) is 12.4 Å². The van der Waals surface area contributed by atoms with E-state index in [0.717, 1.165) is 34.3 Å². The van der Waals surface area contributed by atoms with Crippen LogP contribution in [0.1, 0.15) is 46.4 Å². The van der Waals surface area contributed by atoms with Gasteiger partial charge in [0.15, 0.2) is 5.78 Å². The predicted molar refractivity (Wildman–Crippen MR) is 111 cm³/mol. The average Bonchev–Trinajstić information content (AvgIpc) is 3.05. The van der Waals surface area contributed by atoms with Crippen LogP contribution in [0.2, 0.25) is 0 Å². The molecular formula is C21H22N2O2S2. The van der Waals surface area contributed by atoms with E-state index in [2.05, 4.69) is 4.98 Å². The van der Waals surface area contributed by atoms with Crippen LogP contribution in [-0.2, 0) is 12.8 Å². The van der Waals surface area contributed by atoms with Crippen LogP contribution in [0.3, 0.4) is 0 Å². The van der Waals surface area contributed by atoms with Crippen molar-refractivity contribution in [1.29, 1.82) is 0 Å². The molecule has 1 aliphatic rings. The fourth-order valence-corrected chi connectivity index (χ4v) is 5.99. The molecule has 1 aromatic carbocycles. The van der Waals surface area contributed by atoms with E-state index >= 15 is 0 Å². The molecule has 1 aliphatic carbocycles. The van der Waals surface area contributed by atoms with Gasteiger partial charge in [-0.3, -0.25) is 4.79 Å². The summed E-state index contributed by atoms with van der Waals surface area (Å²) < 4.78 is 5.18. The van der Waals surface area contributed by atoms with Crippen LogP contribution < -0.4 is 4.74 Å². The van der Waals surface area contributed by atoms with Gasteiger partial charge in [0.25, 0.3) is 0 Å². The lowest BCUT2D eigenvalue weighted by molar-refractivity contribution is 0.0994. The van der Waals surface area contributed by atoms with Crippen molar-refractivity contribution in [3.05, 3.63) is 46.1 Å². The molecule has 0 radical (unpaired) electrons. The molecule has 27 heavy (non-hydrogen) atoms. The molecule has 0 unspecified atom stereocenters. The summed E-state index contributed by atoms with van der Waals surface area (Å²) in [5.41, 5.74) is 2.11. The van der Waals surface area contributed by atoms with E-state index in [4.69, 9.17) is 9.72 Å². The summed E-state index contributed by atoms with van der Waals surface area (Å²) in [4.78, 5) is 24.8. The minimum Gasteiger partial charge on any atom is -0.497 e. The molecule has 0 N–H and O–H groups in total. The minimum absolute atomic E-state index is 0.108. The molecule has 1 atom stereocenters. The van der Waals surface area contributed by atoms with Gasteiger partial charge in [-0.25, -0.2) is 9.97 Å². The number of aromatic nitrogens is 2. The number of ether oxygens (including phenoxy) is 1. The van der Waals surface area contributed by atoms with Gasteiger partial charge in [0.1, 0.15) is 21.4 Å². The summed E-state index contributed by atoms with van der Waals surface area (Å²) in [5, 5.41) is 1.92. The molecule has 0 bridgehead atoms. The summed E-state index contributed by atoms with van der Waals surface area (Å²) in [6, 6.07) is 7.30. The van der Waals surface area contributed by atoms with Crippen molar-refractivity contribution in [2.45, 2.75) is 49.8 Å². The Labute approximate surface area is 167 Å². The van der Waals surface area contributed by atoms with Crippen LogP contribution in [0, 0.1) is 6.92 Å². The molecule has 2 heterocycles. The normalized spacial score (nSPS) is 14.8. The maximum atomic E-state index is 12.9. The Morgan fingerprint density at radius 2 is 1.93 bits per heavy atom. The predicted octanol–water partition coefficient (Wildman–Crippen LogP) is 5.25. The van der Waals surface area contributed by atoms with Crippen molar-refractivity contribution in [1.82, 2.24) is 9.97 Å². The van der Waals surface area contributed by atoms with E-state index in [0.29, 0.717) is 5.56 Å². The highest BCUT2D eigenvalue weighted by Gasteiger charge is 2.24. The summed E-state index contributed by atoms with van der Waals surface area (Å²) in [6.45, 7) is 3.89. The van der Waals surface area contributed by atoms with Crippen LogP contribution >= 0.6 is 23.1 Å². The standard InChI is InChI=1S/C21H22N2O2S2/c1-12(19(24)14-8-10-15(25-3)11-9-14)26-20-18-16-6-4-5-7-17(16)27-21(18)23-13(2)22-20/h8-12H,4-7H2,1-3H3/t12-/m0/s1. The zero-order valence-electron chi connectivity index (χ0n) is 15.7. The van der Waals surface area contributed by atoms with Gasteiger partial charge in [-0.1, -0.05) is 11.8 Å². The highest BCUT2D eigenvalue weighted by molar-refractivity contribution is 8.00. The molecule has 0 spiro atoms. The summed E-state index contributed by atoms with van der Waals surface area (Å²) >= 11 is 3.35. The van der Waals surface area contributed by atoms with Crippen molar-refractivity contribution >= 4 is 39.1 Å². The second-order valence-corrected chi connectivity index (χ2v) is 9.23. The number of carbonyl (C=O) groups is 1. The maximum absolute atomic E-state index is 12.9. The fourth-order valence-electron chi connectivity index (χ4n) is 3.52. The van der Waals surface area contributed by atoms with Gasteiger partial charge in [-0.2, -0.15) is 0 Å². The van der Waals surface area contributed by atoms with E-state index in [1.807, 2.05) is 38.1 Å². The van der Waals surface area contributed by atoms with Gasteiger partial charge >= 0.3 is 0 Å². The van der Waals surface area contributed by atoms with Crippen molar-refractivity contribution < 1.29 is 9.53 Å². The number of nitrogens with zero attached hydrogens (tertiary/aromatic N) is 2. The zero-order valence-corrected chi connectivity index (χ0v) is 17.4. The zero-order chi connectivity index (χ0) is 19.0. The molecule has 0 fully saturated rings. The smallest absolute Gasteiger partial charge is 0.175 e. The SMILES string of the molecule is COc1ccc(C(=O)[C@H](C)Sc2nc(C)nc3sc4c(c23)CCCC4)cc1. The first-order valence-electron chi connectivity index (χ1n) is 9.20. The fraction of sp³-hybridized carbons (Fsp3) is 0.381. The second-order valence-electron chi connectivity index (χ2n) is 6.82. The van der Waals surface area contributed by atoms with Gasteiger partial charge in [-0.05, 0) is 69.4 Å². The van der Waals surface area contributed by atoms with E-state index in [9.17, 15) is 4.79 Å². The van der Waals surface area contributed by atoms with E-state index in [1.165, 1.54) is 28.7 Å². The number of benzene rings is 1. The quantitative estimate of drug-likeness (QED) is 0.334. The van der Waals surface area contributed by atoms with E-state index in [-0.39, 0.29) is 11.0 Å². The first-order valence-corrected chi connectivity index (χ1v) is 10.9. The van der Waals surface area contributed by atoms with Crippen molar-refractivity contribution in [2.24, 2.45) is 0 Å². The molecular weight excluding hydrogens is 376 g/mol. The Bertz CT molecular complexity index is 996. The molecule has 3 aromatic rings.